The average molecular weight is 549 g/mol. The quantitative estimate of drug-likeness (QED) is 0.135. The lowest BCUT2D eigenvalue weighted by Crippen LogP contribution is -2.29. The zero-order valence-corrected chi connectivity index (χ0v) is 25.5. The van der Waals surface area contributed by atoms with E-state index in [-0.39, 0.29) is 5.41 Å². The van der Waals surface area contributed by atoms with E-state index < -0.39 is 0 Å². The molecule has 1 aromatic heterocycles. The van der Waals surface area contributed by atoms with Crippen LogP contribution in [0.5, 0.6) is 5.75 Å². The van der Waals surface area contributed by atoms with Crippen LogP contribution in [0.15, 0.2) is 59.2 Å². The summed E-state index contributed by atoms with van der Waals surface area (Å²) in [5.41, 5.74) is 4.41. The maximum absolute atomic E-state index is 6.28. The molecule has 1 atom stereocenters. The number of nitrogens with one attached hydrogen (secondary N) is 1. The highest BCUT2D eigenvalue weighted by Crippen LogP contribution is 2.37. The molecule has 0 saturated carbocycles. The van der Waals surface area contributed by atoms with Gasteiger partial charge in [0.15, 0.2) is 0 Å². The first-order valence-electron chi connectivity index (χ1n) is 15.6. The van der Waals surface area contributed by atoms with Crippen LogP contribution in [0.25, 0.3) is 11.5 Å². The Balaban J connectivity index is 1.65. The number of hydrogen-bond donors (Lipinski definition) is 1. The van der Waals surface area contributed by atoms with Gasteiger partial charge in [0.05, 0.1) is 18.9 Å². The molecule has 220 valence electrons. The van der Waals surface area contributed by atoms with Gasteiger partial charge < -0.3 is 19.2 Å². The van der Waals surface area contributed by atoms with E-state index in [4.69, 9.17) is 18.9 Å². The van der Waals surface area contributed by atoms with Crippen LogP contribution in [-0.4, -0.2) is 31.3 Å². The predicted octanol–water partition coefficient (Wildman–Crippen LogP) is 8.90. The molecule has 40 heavy (non-hydrogen) atoms. The van der Waals surface area contributed by atoms with Crippen molar-refractivity contribution in [3.8, 4) is 17.2 Å². The van der Waals surface area contributed by atoms with Crippen LogP contribution in [-0.2, 0) is 23.1 Å². The minimum absolute atomic E-state index is 0.0917. The van der Waals surface area contributed by atoms with Crippen molar-refractivity contribution >= 4 is 0 Å². The summed E-state index contributed by atoms with van der Waals surface area (Å²) in [6.07, 6.45) is 13.5. The smallest absolute Gasteiger partial charge is 0.226 e. The number of oxazole rings is 1. The monoisotopic (exact) mass is 548 g/mol. The van der Waals surface area contributed by atoms with Crippen LogP contribution in [0, 0.1) is 0 Å². The third-order valence-corrected chi connectivity index (χ3v) is 7.63. The molecule has 0 radical (unpaired) electrons. The number of hydrogen-bond acceptors (Lipinski definition) is 5. The maximum atomic E-state index is 6.28. The Hall–Kier alpha value is -2.63. The van der Waals surface area contributed by atoms with E-state index in [9.17, 15) is 0 Å². The minimum atomic E-state index is -0.0917. The average Bonchev–Trinajstić information content (AvgIpc) is 3.45. The molecule has 5 nitrogen and oxygen atoms in total. The lowest BCUT2D eigenvalue weighted by molar-refractivity contribution is 0.0810. The first-order valence-corrected chi connectivity index (χ1v) is 15.6. The van der Waals surface area contributed by atoms with E-state index in [1.165, 1.54) is 56.1 Å². The first kappa shape index (κ1) is 31.9. The number of ether oxygens (including phenoxy) is 2. The van der Waals surface area contributed by atoms with Gasteiger partial charge in [0, 0.05) is 30.6 Å². The van der Waals surface area contributed by atoms with Crippen molar-refractivity contribution in [3.05, 3.63) is 71.6 Å². The summed E-state index contributed by atoms with van der Waals surface area (Å²) in [5.74, 6) is 1.56. The van der Waals surface area contributed by atoms with Gasteiger partial charge in [0.2, 0.25) is 5.89 Å². The van der Waals surface area contributed by atoms with Gasteiger partial charge in [-0.15, -0.1) is 0 Å². The van der Waals surface area contributed by atoms with Crippen LogP contribution in [0.4, 0.5) is 0 Å². The molecule has 0 amide bonds. The summed E-state index contributed by atoms with van der Waals surface area (Å²) < 4.78 is 18.3. The number of rotatable bonds is 21. The van der Waals surface area contributed by atoms with Crippen molar-refractivity contribution in [2.24, 2.45) is 0 Å². The third kappa shape index (κ3) is 10.4. The molecule has 2 aromatic carbocycles. The summed E-state index contributed by atoms with van der Waals surface area (Å²) in [4.78, 5) is 4.88. The second-order valence-corrected chi connectivity index (χ2v) is 11.2. The minimum Gasteiger partial charge on any atom is -0.493 e. The van der Waals surface area contributed by atoms with Crippen molar-refractivity contribution in [2.45, 2.75) is 104 Å². The van der Waals surface area contributed by atoms with E-state index in [2.05, 4.69) is 69.4 Å². The Morgan fingerprint density at radius 3 is 2.38 bits per heavy atom. The molecule has 1 N–H and O–H groups in total. The zero-order valence-electron chi connectivity index (χ0n) is 25.5. The third-order valence-electron chi connectivity index (χ3n) is 7.63. The molecule has 5 heteroatoms. The van der Waals surface area contributed by atoms with E-state index >= 15 is 0 Å². The molecule has 0 fully saturated rings. The standard InChI is InChI=1S/C35H52N2O3/c1-5-8-10-11-14-23-35(4,28-38-24-15-9-6-2)33-17-13-12-16-32(33)34-37-30(27-40-34)22-25-39-31-20-18-29(19-21-31)26-36-7-3/h12-13,16-21,27,36H,5-11,14-15,22-26,28H2,1-4H3. The molecular formula is C35H52N2O3. The molecule has 0 aliphatic carbocycles. The highest BCUT2D eigenvalue weighted by molar-refractivity contribution is 5.61. The molecule has 0 spiro atoms. The second-order valence-electron chi connectivity index (χ2n) is 11.2. The molecule has 3 rings (SSSR count). The van der Waals surface area contributed by atoms with Crippen molar-refractivity contribution in [1.29, 1.82) is 0 Å². The van der Waals surface area contributed by atoms with Crippen molar-refractivity contribution in [3.63, 3.8) is 0 Å². The molecule has 0 bridgehead atoms. The number of unbranched alkanes of at least 4 members (excludes halogenated alkanes) is 6. The Morgan fingerprint density at radius 1 is 0.850 bits per heavy atom. The van der Waals surface area contributed by atoms with Gasteiger partial charge in [-0.25, -0.2) is 4.98 Å². The van der Waals surface area contributed by atoms with E-state index in [1.54, 1.807) is 6.26 Å². The highest BCUT2D eigenvalue weighted by atomic mass is 16.5. The van der Waals surface area contributed by atoms with Gasteiger partial charge in [0.25, 0.3) is 0 Å². The second kappa shape index (κ2) is 17.9. The molecule has 0 aliphatic rings. The summed E-state index contributed by atoms with van der Waals surface area (Å²) in [6.45, 7) is 12.9. The Labute approximate surface area is 243 Å². The number of aromatic nitrogens is 1. The van der Waals surface area contributed by atoms with Crippen molar-refractivity contribution < 1.29 is 13.9 Å². The van der Waals surface area contributed by atoms with Crippen LogP contribution in [0.2, 0.25) is 0 Å². The molecule has 0 saturated heterocycles. The maximum Gasteiger partial charge on any atom is 0.226 e. The summed E-state index contributed by atoms with van der Waals surface area (Å²) in [5, 5.41) is 3.35. The molecular weight excluding hydrogens is 496 g/mol. The Kier molecular flexibility index (Phi) is 14.3. The van der Waals surface area contributed by atoms with Crippen LogP contribution < -0.4 is 10.1 Å². The van der Waals surface area contributed by atoms with Crippen LogP contribution in [0.1, 0.15) is 102 Å². The first-order chi connectivity index (χ1) is 19.6. The molecule has 1 unspecified atom stereocenters. The zero-order chi connectivity index (χ0) is 28.5. The van der Waals surface area contributed by atoms with Gasteiger partial charge >= 0.3 is 0 Å². The molecule has 0 aliphatic heterocycles. The van der Waals surface area contributed by atoms with Crippen LogP contribution in [0.3, 0.4) is 0 Å². The van der Waals surface area contributed by atoms with Crippen molar-refractivity contribution in [2.75, 3.05) is 26.4 Å². The van der Waals surface area contributed by atoms with Crippen molar-refractivity contribution in [1.82, 2.24) is 10.3 Å². The number of nitrogens with zero attached hydrogens (tertiary/aromatic N) is 1. The van der Waals surface area contributed by atoms with Gasteiger partial charge in [-0.3, -0.25) is 0 Å². The lowest BCUT2D eigenvalue weighted by Gasteiger charge is -2.32. The Morgan fingerprint density at radius 2 is 1.60 bits per heavy atom. The van der Waals surface area contributed by atoms with Gasteiger partial charge in [-0.05, 0) is 48.7 Å². The van der Waals surface area contributed by atoms with Crippen LogP contribution >= 0.6 is 0 Å². The summed E-state index contributed by atoms with van der Waals surface area (Å²) in [6, 6.07) is 16.9. The van der Waals surface area contributed by atoms with Gasteiger partial charge in [-0.2, -0.15) is 0 Å². The van der Waals surface area contributed by atoms with E-state index in [1.807, 2.05) is 12.1 Å². The number of benzene rings is 2. The lowest BCUT2D eigenvalue weighted by atomic mass is 9.76. The summed E-state index contributed by atoms with van der Waals surface area (Å²) in [7, 11) is 0. The molecule has 1 heterocycles. The topological polar surface area (TPSA) is 56.5 Å². The molecule has 3 aromatic rings. The highest BCUT2D eigenvalue weighted by Gasteiger charge is 2.30. The predicted molar refractivity (Wildman–Crippen MR) is 166 cm³/mol. The fourth-order valence-electron chi connectivity index (χ4n) is 5.14. The van der Waals surface area contributed by atoms with E-state index in [0.717, 1.165) is 56.2 Å². The summed E-state index contributed by atoms with van der Waals surface area (Å²) >= 11 is 0. The van der Waals surface area contributed by atoms with Gasteiger partial charge in [-0.1, -0.05) is 103 Å². The Bertz CT molecular complexity index is 1060. The fourth-order valence-corrected chi connectivity index (χ4v) is 5.14. The largest absolute Gasteiger partial charge is 0.493 e. The SMILES string of the molecule is CCCCCCCC(C)(COCCCCC)c1ccccc1-c1nc(CCOc2ccc(CNCC)cc2)co1. The normalized spacial score (nSPS) is 12.9. The fraction of sp³-hybridized carbons (Fsp3) is 0.571. The van der Waals surface area contributed by atoms with E-state index in [0.29, 0.717) is 18.9 Å². The van der Waals surface area contributed by atoms with Gasteiger partial charge in [0.1, 0.15) is 12.0 Å².